The van der Waals surface area contributed by atoms with Crippen LogP contribution in [0.1, 0.15) is 52.9 Å². The molecule has 0 spiro atoms. The highest BCUT2D eigenvalue weighted by Gasteiger charge is 2.58. The summed E-state index contributed by atoms with van der Waals surface area (Å²) in [5, 5.41) is 11.0. The summed E-state index contributed by atoms with van der Waals surface area (Å²) in [6, 6.07) is 0. The molecule has 0 heterocycles. The van der Waals surface area contributed by atoms with E-state index >= 15 is 0 Å². The Labute approximate surface area is 105 Å². The van der Waals surface area contributed by atoms with E-state index in [-0.39, 0.29) is 11.5 Å². The minimum absolute atomic E-state index is 0.191. The zero-order valence-corrected chi connectivity index (χ0v) is 11.6. The molecule has 0 radical (unpaired) electrons. The van der Waals surface area contributed by atoms with Gasteiger partial charge in [0.05, 0.1) is 11.7 Å². The van der Waals surface area contributed by atoms with E-state index in [1.807, 2.05) is 0 Å². The molecule has 2 aliphatic rings. The van der Waals surface area contributed by atoms with Crippen LogP contribution in [0.2, 0.25) is 0 Å². The molecule has 0 aliphatic heterocycles. The Morgan fingerprint density at radius 1 is 1.18 bits per heavy atom. The molecule has 2 atom stereocenters. The lowest BCUT2D eigenvalue weighted by atomic mass is 9.54. The molecule has 0 saturated heterocycles. The molecule has 0 bridgehead atoms. The molecule has 3 N–H and O–H groups in total. The summed E-state index contributed by atoms with van der Waals surface area (Å²) in [4.78, 5) is 0. The van der Waals surface area contributed by atoms with Crippen LogP contribution in [0.25, 0.3) is 0 Å². The third kappa shape index (κ3) is 2.25. The van der Waals surface area contributed by atoms with E-state index in [2.05, 4.69) is 20.8 Å². The minimum Gasteiger partial charge on any atom is -0.388 e. The number of nitrogens with two attached hydrogens (primary N) is 1. The predicted octanol–water partition coefficient (Wildman–Crippen LogP) is 2.07. The van der Waals surface area contributed by atoms with Gasteiger partial charge < -0.3 is 15.6 Å². The Bertz CT molecular complexity index is 297. The van der Waals surface area contributed by atoms with Gasteiger partial charge in [0.15, 0.2) is 0 Å². The molecule has 0 amide bonds. The predicted molar refractivity (Wildman–Crippen MR) is 68.7 cm³/mol. The largest absolute Gasteiger partial charge is 0.388 e. The molecule has 2 aliphatic carbocycles. The van der Waals surface area contributed by atoms with Crippen molar-refractivity contribution in [3.63, 3.8) is 0 Å². The molecule has 100 valence electrons. The van der Waals surface area contributed by atoms with Gasteiger partial charge in [-0.3, -0.25) is 0 Å². The van der Waals surface area contributed by atoms with Crippen molar-refractivity contribution in [3.8, 4) is 0 Å². The maximum Gasteiger partial charge on any atom is 0.0835 e. The second kappa shape index (κ2) is 3.94. The van der Waals surface area contributed by atoms with Gasteiger partial charge in [-0.2, -0.15) is 0 Å². The lowest BCUT2D eigenvalue weighted by molar-refractivity contribution is -0.167. The van der Waals surface area contributed by atoms with E-state index in [4.69, 9.17) is 10.5 Å². The molecular formula is C14H27NO2. The number of methoxy groups -OCH3 is 1. The van der Waals surface area contributed by atoms with Crippen molar-refractivity contribution in [2.45, 2.75) is 70.1 Å². The van der Waals surface area contributed by atoms with E-state index in [0.29, 0.717) is 5.92 Å². The van der Waals surface area contributed by atoms with Gasteiger partial charge in [0.1, 0.15) is 0 Å². The van der Waals surface area contributed by atoms with Gasteiger partial charge in [0.2, 0.25) is 0 Å². The van der Waals surface area contributed by atoms with Crippen molar-refractivity contribution in [2.75, 3.05) is 7.11 Å². The number of aliphatic hydroxyl groups is 1. The Kier molecular flexibility index (Phi) is 3.08. The van der Waals surface area contributed by atoms with Crippen LogP contribution in [-0.4, -0.2) is 29.5 Å². The quantitative estimate of drug-likeness (QED) is 0.778. The fourth-order valence-electron chi connectivity index (χ4n) is 4.21. The van der Waals surface area contributed by atoms with Crippen LogP contribution in [0, 0.1) is 11.3 Å². The van der Waals surface area contributed by atoms with Crippen molar-refractivity contribution < 1.29 is 9.84 Å². The number of hydrogen-bond acceptors (Lipinski definition) is 3. The van der Waals surface area contributed by atoms with E-state index in [0.717, 1.165) is 25.7 Å². The van der Waals surface area contributed by atoms with E-state index < -0.39 is 11.1 Å². The van der Waals surface area contributed by atoms with Gasteiger partial charge in [0, 0.05) is 12.6 Å². The molecule has 2 saturated carbocycles. The van der Waals surface area contributed by atoms with Crippen LogP contribution in [0.4, 0.5) is 0 Å². The Morgan fingerprint density at radius 2 is 1.76 bits per heavy atom. The van der Waals surface area contributed by atoms with Gasteiger partial charge in [-0.05, 0) is 43.4 Å². The summed E-state index contributed by atoms with van der Waals surface area (Å²) in [5.74, 6) is 0.547. The fraction of sp³-hybridized carbons (Fsp3) is 1.00. The third-order valence-electron chi connectivity index (χ3n) is 4.80. The second-order valence-corrected chi connectivity index (χ2v) is 7.31. The minimum atomic E-state index is -0.705. The second-order valence-electron chi connectivity index (χ2n) is 7.31. The first-order valence-corrected chi connectivity index (χ1v) is 6.74. The van der Waals surface area contributed by atoms with Crippen molar-refractivity contribution in [1.82, 2.24) is 0 Å². The summed E-state index contributed by atoms with van der Waals surface area (Å²) in [7, 11) is 1.72. The smallest absolute Gasteiger partial charge is 0.0835 e. The maximum absolute atomic E-state index is 11.0. The highest BCUT2D eigenvalue weighted by molar-refractivity contribution is 5.15. The zero-order valence-electron chi connectivity index (χ0n) is 11.6. The Hall–Kier alpha value is -0.120. The third-order valence-corrected chi connectivity index (χ3v) is 4.80. The first-order chi connectivity index (χ1) is 7.70. The SMILES string of the molecule is COC1CC(N)(C2(O)CC(C)CC(C)(C)C2)C1. The summed E-state index contributed by atoms with van der Waals surface area (Å²) in [5.41, 5.74) is 5.49. The van der Waals surface area contributed by atoms with Crippen LogP contribution >= 0.6 is 0 Å². The molecule has 2 unspecified atom stereocenters. The van der Waals surface area contributed by atoms with E-state index in [1.54, 1.807) is 7.11 Å². The number of hydrogen-bond donors (Lipinski definition) is 2. The molecule has 0 aromatic heterocycles. The lowest BCUT2D eigenvalue weighted by Gasteiger charge is -2.58. The summed E-state index contributed by atoms with van der Waals surface area (Å²) < 4.78 is 5.31. The lowest BCUT2D eigenvalue weighted by Crippen LogP contribution is -2.71. The topological polar surface area (TPSA) is 55.5 Å². The fourth-order valence-corrected chi connectivity index (χ4v) is 4.21. The highest BCUT2D eigenvalue weighted by Crippen LogP contribution is 2.53. The van der Waals surface area contributed by atoms with Crippen LogP contribution in [-0.2, 0) is 4.74 Å². The Morgan fingerprint density at radius 3 is 2.24 bits per heavy atom. The zero-order chi connectivity index (χ0) is 12.9. The summed E-state index contributed by atoms with van der Waals surface area (Å²) >= 11 is 0. The van der Waals surface area contributed by atoms with Gasteiger partial charge in [-0.15, -0.1) is 0 Å². The van der Waals surface area contributed by atoms with Crippen molar-refractivity contribution in [2.24, 2.45) is 17.1 Å². The molecular weight excluding hydrogens is 214 g/mol. The Balaban J connectivity index is 2.13. The average Bonchev–Trinajstić information content (AvgIpc) is 2.08. The van der Waals surface area contributed by atoms with Crippen LogP contribution in [0.5, 0.6) is 0 Å². The van der Waals surface area contributed by atoms with Crippen molar-refractivity contribution in [3.05, 3.63) is 0 Å². The summed E-state index contributed by atoms with van der Waals surface area (Å²) in [6.45, 7) is 6.70. The summed E-state index contributed by atoms with van der Waals surface area (Å²) in [6.07, 6.45) is 4.66. The van der Waals surface area contributed by atoms with Crippen LogP contribution in [0.15, 0.2) is 0 Å². The highest BCUT2D eigenvalue weighted by atomic mass is 16.5. The average molecular weight is 241 g/mol. The first-order valence-electron chi connectivity index (χ1n) is 6.74. The van der Waals surface area contributed by atoms with Gasteiger partial charge in [0.25, 0.3) is 0 Å². The molecule has 3 nitrogen and oxygen atoms in total. The monoisotopic (exact) mass is 241 g/mol. The molecule has 0 aromatic carbocycles. The van der Waals surface area contributed by atoms with E-state index in [1.165, 1.54) is 6.42 Å². The van der Waals surface area contributed by atoms with Crippen LogP contribution in [0.3, 0.4) is 0 Å². The number of rotatable bonds is 2. The normalized spacial score (nSPS) is 49.8. The van der Waals surface area contributed by atoms with Gasteiger partial charge in [-0.25, -0.2) is 0 Å². The van der Waals surface area contributed by atoms with Crippen molar-refractivity contribution >= 4 is 0 Å². The standard InChI is InChI=1S/C14H27NO2/c1-10-5-12(2,3)9-14(16,6-10)13(15)7-11(8-13)17-4/h10-11,16H,5-9,15H2,1-4H3. The number of ether oxygens (including phenoxy) is 1. The molecule has 3 heteroatoms. The van der Waals surface area contributed by atoms with E-state index in [9.17, 15) is 5.11 Å². The maximum atomic E-state index is 11.0. The first kappa shape index (κ1) is 13.3. The molecule has 2 fully saturated rings. The molecule has 17 heavy (non-hydrogen) atoms. The van der Waals surface area contributed by atoms with Crippen molar-refractivity contribution in [1.29, 1.82) is 0 Å². The van der Waals surface area contributed by atoms with Gasteiger partial charge in [-0.1, -0.05) is 20.8 Å². The molecule has 2 rings (SSSR count). The molecule has 0 aromatic rings. The van der Waals surface area contributed by atoms with Gasteiger partial charge >= 0.3 is 0 Å². The van der Waals surface area contributed by atoms with Crippen LogP contribution < -0.4 is 5.73 Å².